The zero-order valence-electron chi connectivity index (χ0n) is 12.4. The van der Waals surface area contributed by atoms with Crippen molar-refractivity contribution in [2.75, 3.05) is 13.2 Å². The van der Waals surface area contributed by atoms with Gasteiger partial charge in [0.15, 0.2) is 0 Å². The van der Waals surface area contributed by atoms with E-state index in [0.29, 0.717) is 25.9 Å². The second kappa shape index (κ2) is 7.02. The van der Waals surface area contributed by atoms with Gasteiger partial charge in [0.1, 0.15) is 5.60 Å². The van der Waals surface area contributed by atoms with E-state index in [0.717, 1.165) is 5.56 Å². The Morgan fingerprint density at radius 2 is 2.24 bits per heavy atom. The van der Waals surface area contributed by atoms with Crippen LogP contribution in [-0.4, -0.2) is 35.9 Å². The fourth-order valence-corrected chi connectivity index (χ4v) is 2.50. The van der Waals surface area contributed by atoms with Crippen LogP contribution < -0.4 is 11.1 Å². The number of ether oxygens (including phenoxy) is 1. The standard InChI is InChI=1S/C16H24N2O3/c1-12-16(20,9-10-21-12)11-18-15(19)8-7-14(17)13-5-3-2-4-6-13/h2-6,12,14,20H,7-11,17H2,1H3,(H,18,19). The first-order chi connectivity index (χ1) is 10.0. The molecule has 0 aromatic heterocycles. The molecular weight excluding hydrogens is 268 g/mol. The van der Waals surface area contributed by atoms with Gasteiger partial charge in [-0.25, -0.2) is 0 Å². The molecular formula is C16H24N2O3. The van der Waals surface area contributed by atoms with Gasteiger partial charge in [-0.1, -0.05) is 30.3 Å². The van der Waals surface area contributed by atoms with Crippen molar-refractivity contribution in [3.05, 3.63) is 35.9 Å². The highest BCUT2D eigenvalue weighted by Crippen LogP contribution is 2.24. The first-order valence-corrected chi connectivity index (χ1v) is 7.42. The van der Waals surface area contributed by atoms with Crippen LogP contribution in [-0.2, 0) is 9.53 Å². The second-order valence-electron chi connectivity index (χ2n) is 5.70. The van der Waals surface area contributed by atoms with Crippen molar-refractivity contribution in [2.45, 2.75) is 43.9 Å². The molecule has 1 aromatic rings. The zero-order chi connectivity index (χ0) is 15.3. The molecule has 0 bridgehead atoms. The summed E-state index contributed by atoms with van der Waals surface area (Å²) in [6.07, 6.45) is 1.24. The van der Waals surface area contributed by atoms with E-state index >= 15 is 0 Å². The highest BCUT2D eigenvalue weighted by atomic mass is 16.5. The molecule has 1 aliphatic rings. The lowest BCUT2D eigenvalue weighted by Gasteiger charge is -2.26. The van der Waals surface area contributed by atoms with Gasteiger partial charge >= 0.3 is 0 Å². The number of carbonyl (C=O) groups is 1. The van der Waals surface area contributed by atoms with Crippen LogP contribution in [0.1, 0.15) is 37.8 Å². The molecule has 1 saturated heterocycles. The minimum Gasteiger partial charge on any atom is -0.385 e. The average Bonchev–Trinajstić information content (AvgIpc) is 2.83. The molecule has 116 valence electrons. The van der Waals surface area contributed by atoms with Gasteiger partial charge < -0.3 is 20.9 Å². The minimum atomic E-state index is -0.947. The summed E-state index contributed by atoms with van der Waals surface area (Å²) in [5, 5.41) is 13.1. The van der Waals surface area contributed by atoms with Crippen molar-refractivity contribution in [3.63, 3.8) is 0 Å². The Bertz CT molecular complexity index is 466. The smallest absolute Gasteiger partial charge is 0.220 e. The highest BCUT2D eigenvalue weighted by Gasteiger charge is 2.39. The van der Waals surface area contributed by atoms with Gasteiger partial charge in [-0.15, -0.1) is 0 Å². The summed E-state index contributed by atoms with van der Waals surface area (Å²) in [7, 11) is 0. The number of rotatable bonds is 6. The van der Waals surface area contributed by atoms with Gasteiger partial charge in [0.25, 0.3) is 0 Å². The average molecular weight is 292 g/mol. The SMILES string of the molecule is CC1OCCC1(O)CNC(=O)CCC(N)c1ccccc1. The molecule has 1 heterocycles. The largest absolute Gasteiger partial charge is 0.385 e. The molecule has 5 heteroatoms. The molecule has 1 amide bonds. The summed E-state index contributed by atoms with van der Waals surface area (Å²) in [5.74, 6) is -0.0890. The molecule has 0 aliphatic carbocycles. The van der Waals surface area contributed by atoms with Crippen molar-refractivity contribution in [1.82, 2.24) is 5.32 Å². The van der Waals surface area contributed by atoms with E-state index in [1.165, 1.54) is 0 Å². The maximum absolute atomic E-state index is 11.9. The van der Waals surface area contributed by atoms with Crippen molar-refractivity contribution in [3.8, 4) is 0 Å². The van der Waals surface area contributed by atoms with Crippen LogP contribution >= 0.6 is 0 Å². The molecule has 3 unspecified atom stereocenters. The number of benzene rings is 1. The lowest BCUT2D eigenvalue weighted by molar-refractivity contribution is -0.123. The molecule has 4 N–H and O–H groups in total. The van der Waals surface area contributed by atoms with Crippen LogP contribution in [0.4, 0.5) is 0 Å². The van der Waals surface area contributed by atoms with E-state index in [1.54, 1.807) is 0 Å². The van der Waals surface area contributed by atoms with Gasteiger partial charge in [-0.3, -0.25) is 4.79 Å². The van der Waals surface area contributed by atoms with Crippen LogP contribution in [0.25, 0.3) is 0 Å². The Hall–Kier alpha value is -1.43. The van der Waals surface area contributed by atoms with Crippen molar-refractivity contribution >= 4 is 5.91 Å². The molecule has 0 saturated carbocycles. The summed E-state index contributed by atoms with van der Waals surface area (Å²) in [4.78, 5) is 11.9. The first kappa shape index (κ1) is 15.9. The first-order valence-electron chi connectivity index (χ1n) is 7.42. The van der Waals surface area contributed by atoms with Crippen molar-refractivity contribution < 1.29 is 14.6 Å². The van der Waals surface area contributed by atoms with Gasteiger partial charge in [0.05, 0.1) is 6.10 Å². The predicted octanol–water partition coefficient (Wildman–Crippen LogP) is 1.12. The Morgan fingerprint density at radius 1 is 1.52 bits per heavy atom. The van der Waals surface area contributed by atoms with Crippen molar-refractivity contribution in [2.24, 2.45) is 5.73 Å². The molecule has 0 spiro atoms. The Kier molecular flexibility index (Phi) is 5.33. The topological polar surface area (TPSA) is 84.6 Å². The summed E-state index contributed by atoms with van der Waals surface area (Å²) in [5.41, 5.74) is 6.14. The molecule has 2 rings (SSSR count). The molecule has 1 aliphatic heterocycles. The molecule has 0 radical (unpaired) electrons. The van der Waals surface area contributed by atoms with E-state index in [4.69, 9.17) is 10.5 Å². The monoisotopic (exact) mass is 292 g/mol. The number of aliphatic hydroxyl groups is 1. The lowest BCUT2D eigenvalue weighted by atomic mass is 9.96. The molecule has 21 heavy (non-hydrogen) atoms. The number of carbonyl (C=O) groups excluding carboxylic acids is 1. The van der Waals surface area contributed by atoms with Gasteiger partial charge in [-0.2, -0.15) is 0 Å². The fourth-order valence-electron chi connectivity index (χ4n) is 2.50. The Balaban J connectivity index is 1.73. The zero-order valence-corrected chi connectivity index (χ0v) is 12.4. The highest BCUT2D eigenvalue weighted by molar-refractivity contribution is 5.76. The van der Waals surface area contributed by atoms with Crippen LogP contribution in [0, 0.1) is 0 Å². The van der Waals surface area contributed by atoms with Crippen LogP contribution in [0.3, 0.4) is 0 Å². The van der Waals surface area contributed by atoms with Gasteiger partial charge in [-0.05, 0) is 18.9 Å². The van der Waals surface area contributed by atoms with E-state index in [-0.39, 0.29) is 24.6 Å². The number of hydrogen-bond donors (Lipinski definition) is 3. The van der Waals surface area contributed by atoms with Crippen LogP contribution in [0.5, 0.6) is 0 Å². The minimum absolute atomic E-state index is 0.0890. The number of nitrogens with two attached hydrogens (primary N) is 1. The van der Waals surface area contributed by atoms with Gasteiger partial charge in [0, 0.05) is 32.0 Å². The van der Waals surface area contributed by atoms with E-state index in [1.807, 2.05) is 37.3 Å². The third kappa shape index (κ3) is 4.27. The number of nitrogens with one attached hydrogen (secondary N) is 1. The Labute approximate surface area is 125 Å². The summed E-state index contributed by atoms with van der Waals surface area (Å²) >= 11 is 0. The fraction of sp³-hybridized carbons (Fsp3) is 0.562. The Morgan fingerprint density at radius 3 is 2.86 bits per heavy atom. The molecule has 3 atom stereocenters. The second-order valence-corrected chi connectivity index (χ2v) is 5.70. The van der Waals surface area contributed by atoms with Crippen LogP contribution in [0.15, 0.2) is 30.3 Å². The lowest BCUT2D eigenvalue weighted by Crippen LogP contribution is -2.47. The molecule has 1 fully saturated rings. The summed E-state index contributed by atoms with van der Waals surface area (Å²) in [6, 6.07) is 9.59. The third-order valence-corrected chi connectivity index (χ3v) is 4.16. The maximum Gasteiger partial charge on any atom is 0.220 e. The predicted molar refractivity (Wildman–Crippen MR) is 80.6 cm³/mol. The third-order valence-electron chi connectivity index (χ3n) is 4.16. The van der Waals surface area contributed by atoms with Crippen LogP contribution in [0.2, 0.25) is 0 Å². The molecule has 1 aromatic carbocycles. The maximum atomic E-state index is 11.9. The van der Waals surface area contributed by atoms with E-state index in [9.17, 15) is 9.90 Å². The van der Waals surface area contributed by atoms with Gasteiger partial charge in [0.2, 0.25) is 5.91 Å². The number of amides is 1. The molecule has 5 nitrogen and oxygen atoms in total. The quantitative estimate of drug-likeness (QED) is 0.733. The van der Waals surface area contributed by atoms with E-state index in [2.05, 4.69) is 5.32 Å². The number of hydrogen-bond acceptors (Lipinski definition) is 4. The summed E-state index contributed by atoms with van der Waals surface area (Å²) in [6.45, 7) is 2.59. The summed E-state index contributed by atoms with van der Waals surface area (Å²) < 4.78 is 5.34. The van der Waals surface area contributed by atoms with Crippen molar-refractivity contribution in [1.29, 1.82) is 0 Å². The van der Waals surface area contributed by atoms with E-state index < -0.39 is 5.60 Å². The normalized spacial score (nSPS) is 26.5.